The molecule has 5 saturated heterocycles. The quantitative estimate of drug-likeness (QED) is 0.0427. The van der Waals surface area contributed by atoms with Crippen molar-refractivity contribution in [3.63, 3.8) is 0 Å². The van der Waals surface area contributed by atoms with Crippen LogP contribution in [-0.2, 0) is 23.7 Å². The predicted molar refractivity (Wildman–Crippen MR) is 376 cm³/mol. The lowest BCUT2D eigenvalue weighted by molar-refractivity contribution is -0.385. The van der Waals surface area contributed by atoms with E-state index in [0.717, 1.165) is 86.6 Å². The molecule has 5 aliphatic rings. The Hall–Kier alpha value is -8.60. The van der Waals surface area contributed by atoms with Crippen LogP contribution < -0.4 is 22.1 Å². The van der Waals surface area contributed by atoms with Gasteiger partial charge in [0.1, 0.15) is 36.8 Å². The number of para-hydroxylation sites is 4. The number of H-pyrrole nitrogens is 1. The van der Waals surface area contributed by atoms with E-state index < -0.39 is 14.8 Å². The van der Waals surface area contributed by atoms with Crippen molar-refractivity contribution in [3.8, 4) is 11.9 Å². The molecular formula is C63H87Cl3N20O12. The van der Waals surface area contributed by atoms with Crippen LogP contribution in [-0.4, -0.2) is 167 Å². The van der Waals surface area contributed by atoms with E-state index in [4.69, 9.17) is 69.2 Å². The molecule has 8 atom stereocenters. The van der Waals surface area contributed by atoms with Gasteiger partial charge in [0.25, 0.3) is 0 Å². The van der Waals surface area contributed by atoms with Gasteiger partial charge >= 0.3 is 22.8 Å². The molecule has 0 radical (unpaired) electrons. The molecule has 14 rings (SSSR count). The Bertz CT molecular complexity index is 4070. The highest BCUT2D eigenvalue weighted by atomic mass is 35.5. The van der Waals surface area contributed by atoms with Crippen molar-refractivity contribution in [2.24, 2.45) is 29.4 Å². The van der Waals surface area contributed by atoms with Crippen molar-refractivity contribution in [2.75, 3.05) is 76.7 Å². The van der Waals surface area contributed by atoms with Gasteiger partial charge in [-0.25, -0.2) is 34.7 Å². The van der Waals surface area contributed by atoms with Gasteiger partial charge < -0.3 is 45.0 Å². The number of anilines is 2. The molecule has 8 unspecified atom stereocenters. The zero-order valence-electron chi connectivity index (χ0n) is 51.8. The van der Waals surface area contributed by atoms with Crippen molar-refractivity contribution >= 4 is 96.7 Å². The highest BCUT2D eigenvalue weighted by molar-refractivity contribution is 6.33. The fraction of sp³-hybridized carbons (Fsp3) is 0.508. The van der Waals surface area contributed by atoms with E-state index in [1.807, 2.05) is 66.9 Å². The number of nitrogens with zero attached hydrogens (tertiary/aromatic N) is 16. The zero-order chi connectivity index (χ0) is 66.8. The van der Waals surface area contributed by atoms with Gasteiger partial charge in [0.2, 0.25) is 39.3 Å². The van der Waals surface area contributed by atoms with E-state index in [1.54, 1.807) is 28.0 Å². The number of nitro groups is 3. The Balaban J connectivity index is 0.000000225. The smallest absolute Gasteiger partial charge is 0.329 e. The minimum atomic E-state index is -0.682. The summed E-state index contributed by atoms with van der Waals surface area (Å²) in [6.45, 7) is 15.8. The largest absolute Gasteiger partial charge is 0.381 e. The lowest BCUT2D eigenvalue weighted by atomic mass is 9.98. The van der Waals surface area contributed by atoms with Crippen LogP contribution >= 0.6 is 34.8 Å². The maximum Gasteiger partial charge on any atom is 0.329 e. The number of hydrogen-bond donors (Lipinski definition) is 4. The number of rotatable bonds is 10. The molecule has 9 aromatic rings. The lowest BCUT2D eigenvalue weighted by Gasteiger charge is -2.29. The fourth-order valence-electron chi connectivity index (χ4n) is 10.5. The molecule has 0 aliphatic carbocycles. The fourth-order valence-corrected chi connectivity index (χ4v) is 11.0. The summed E-state index contributed by atoms with van der Waals surface area (Å²) in [4.78, 5) is 86.9. The molecule has 5 aliphatic heterocycles. The molecule has 0 saturated carbocycles. The molecule has 0 spiro atoms. The number of aromatic amines is 1. The van der Waals surface area contributed by atoms with Crippen molar-refractivity contribution in [1.82, 2.24) is 68.5 Å². The van der Waals surface area contributed by atoms with Crippen LogP contribution in [0.4, 0.5) is 28.7 Å². The summed E-state index contributed by atoms with van der Waals surface area (Å²) >= 11 is 16.3. The van der Waals surface area contributed by atoms with Crippen LogP contribution in [0.1, 0.15) is 102 Å². The summed E-state index contributed by atoms with van der Waals surface area (Å²) < 4.78 is 31.7. The number of imidazole rings is 3. The van der Waals surface area contributed by atoms with E-state index in [9.17, 15) is 35.1 Å². The summed E-state index contributed by atoms with van der Waals surface area (Å²) in [5.74, 6) is 2.51. The van der Waals surface area contributed by atoms with Crippen LogP contribution in [0.2, 0.25) is 15.7 Å². The molecule has 2 aromatic carbocycles. The molecule has 7 aromatic heterocycles. The highest BCUT2D eigenvalue weighted by Crippen LogP contribution is 2.31. The molecular weight excluding hydrogens is 1340 g/mol. The van der Waals surface area contributed by atoms with Crippen molar-refractivity contribution in [3.05, 3.63) is 143 Å². The van der Waals surface area contributed by atoms with Gasteiger partial charge in [-0.1, -0.05) is 93.3 Å². The van der Waals surface area contributed by atoms with Crippen LogP contribution in [0.25, 0.3) is 45.1 Å². The summed E-state index contributed by atoms with van der Waals surface area (Å²) in [6, 6.07) is 16.0. The maximum atomic E-state index is 12.6. The van der Waals surface area contributed by atoms with Crippen LogP contribution in [0, 0.1) is 54.0 Å². The SMILES string of the molecule is C.C.C.C.C1CCOC1.CC1COCCC1N.CC1COCCC1Nc1nc(-n2cnc3ccccc32)ncc1[N+](=O)[O-].CC1COCCC1Nc1nc(Cl)ncc1[N+](=O)[O-].CC1COCCC1n1c(=O)[nH]c2cnc(-n3cnc4ccccc43)nc21.O=[N+]([O-])c1cnc(Cl)nc1Cl. The normalized spacial score (nSPS) is 20.8. The van der Waals surface area contributed by atoms with Crippen molar-refractivity contribution in [2.45, 2.75) is 120 Å². The molecule has 12 heterocycles. The zero-order valence-corrected chi connectivity index (χ0v) is 54.0. The number of halogens is 3. The van der Waals surface area contributed by atoms with E-state index in [1.165, 1.54) is 19.0 Å². The number of nitrogens with one attached hydrogen (secondary N) is 3. The van der Waals surface area contributed by atoms with Gasteiger partial charge in [-0.2, -0.15) is 19.9 Å². The van der Waals surface area contributed by atoms with Crippen LogP contribution in [0.5, 0.6) is 0 Å². The second kappa shape index (κ2) is 38.5. The first-order chi connectivity index (χ1) is 45.3. The van der Waals surface area contributed by atoms with Crippen molar-refractivity contribution < 1.29 is 38.5 Å². The Kier molecular flexibility index (Phi) is 31.5. The Labute approximate surface area is 581 Å². The second-order valence-corrected chi connectivity index (χ2v) is 23.7. The number of nitrogens with two attached hydrogens (primary N) is 1. The summed E-state index contributed by atoms with van der Waals surface area (Å²) in [7, 11) is 0. The Morgan fingerprint density at radius 2 is 0.980 bits per heavy atom. The third kappa shape index (κ3) is 21.0. The first-order valence-corrected chi connectivity index (χ1v) is 31.5. The van der Waals surface area contributed by atoms with E-state index in [-0.39, 0.29) is 116 Å². The second-order valence-electron chi connectivity index (χ2n) is 22.7. The predicted octanol–water partition coefficient (Wildman–Crippen LogP) is 11.9. The topological polar surface area (TPSA) is 402 Å². The maximum absolute atomic E-state index is 12.6. The third-order valence-corrected chi connectivity index (χ3v) is 16.6. The van der Waals surface area contributed by atoms with E-state index in [0.29, 0.717) is 74.7 Å². The van der Waals surface area contributed by atoms with Gasteiger partial charge in [-0.05, 0) is 104 Å². The number of ether oxygens (including phenoxy) is 5. The number of hydrogen-bond acceptors (Lipinski definition) is 25. The van der Waals surface area contributed by atoms with Gasteiger partial charge in [-0.15, -0.1) is 0 Å². The van der Waals surface area contributed by atoms with Gasteiger partial charge in [-0.3, -0.25) is 44.0 Å². The van der Waals surface area contributed by atoms with Gasteiger partial charge in [0, 0.05) is 69.7 Å². The van der Waals surface area contributed by atoms with Gasteiger partial charge in [0.15, 0.2) is 5.65 Å². The summed E-state index contributed by atoms with van der Waals surface area (Å²) in [5.41, 5.74) is 9.60. The molecule has 5 fully saturated rings. The van der Waals surface area contributed by atoms with Gasteiger partial charge in [0.05, 0.1) is 69.5 Å². The Morgan fingerprint density at radius 3 is 1.45 bits per heavy atom. The molecule has 5 N–H and O–H groups in total. The summed E-state index contributed by atoms with van der Waals surface area (Å²) in [6.07, 6.45) is 14.2. The molecule has 98 heavy (non-hydrogen) atoms. The minimum Gasteiger partial charge on any atom is -0.381 e. The number of fused-ring (bicyclic) bond motifs is 3. The highest BCUT2D eigenvalue weighted by Gasteiger charge is 2.30. The van der Waals surface area contributed by atoms with E-state index in [2.05, 4.69) is 74.3 Å². The van der Waals surface area contributed by atoms with Crippen LogP contribution in [0.3, 0.4) is 0 Å². The molecule has 532 valence electrons. The summed E-state index contributed by atoms with van der Waals surface area (Å²) in [5, 5.41) is 38.3. The monoisotopic (exact) mass is 1420 g/mol. The Morgan fingerprint density at radius 1 is 0.531 bits per heavy atom. The number of benzene rings is 2. The number of aromatic nitrogens is 14. The van der Waals surface area contributed by atoms with Crippen molar-refractivity contribution in [1.29, 1.82) is 0 Å². The first kappa shape index (κ1) is 80.1. The molecule has 0 amide bonds. The molecule has 35 heteroatoms. The lowest BCUT2D eigenvalue weighted by Crippen LogP contribution is -2.36. The minimum absolute atomic E-state index is 0. The average Bonchev–Trinajstić information content (AvgIpc) is 1.61. The molecule has 0 bridgehead atoms. The van der Waals surface area contributed by atoms with E-state index >= 15 is 0 Å². The molecule has 32 nitrogen and oxygen atoms in total. The average molecular weight is 1420 g/mol. The third-order valence-electron chi connectivity index (χ3n) is 16.0. The van der Waals surface area contributed by atoms with Crippen LogP contribution in [0.15, 0.2) is 90.8 Å². The first-order valence-electron chi connectivity index (χ1n) is 30.3. The standard InChI is InChI=1S/C18H18N6O2.C17H18N6O3.C10H13ClN4O3.C6H13NO.C4HCl2N3O2.C4H8O.4CH4/c1-11-9-26-7-6-14(11)24-16-13(21-18(24)25)8-19-17(22-16)23-10-20-12-4-2-3-5-15(12)23;1-11-9-26-7-6-12(11)20-16-15(23(24)25)8-18-17(21-16)22-10-19-13-4-2-3-5-14(13)22;1-6-5-18-3-2-7(6)13-9-8(15(16)17)4-12-10(11)14-9;1-5-4-8-3-2-6(5)7;5-3-2(9(10)11)1-7-4(6)8-3;1-2-4-5-3-1;;;;/h2-5,8,10-11,14H,6-7,9H2,1H3,(H,21,25);2-5,8,10-12H,6-7,9H2,1H3,(H,18,20,21);4,6-7H,2-3,5H2,1H3,(H,12,13,14);5-6H,2-4,7H2,1H3;1H;1-4H2;4*1H4.